The van der Waals surface area contributed by atoms with Crippen LogP contribution in [0.3, 0.4) is 0 Å². The number of fused-ring (bicyclic) bond motifs is 4. The summed E-state index contributed by atoms with van der Waals surface area (Å²) < 4.78 is 6.25. The van der Waals surface area contributed by atoms with Gasteiger partial charge in [-0.05, 0) is 87.1 Å². The Bertz CT molecular complexity index is 1180. The van der Waals surface area contributed by atoms with E-state index in [1.165, 1.54) is 54.6 Å². The third kappa shape index (κ3) is 3.37. The maximum absolute atomic E-state index is 12.8. The fourth-order valence-corrected chi connectivity index (χ4v) is 7.25. The van der Waals surface area contributed by atoms with Gasteiger partial charge in [0.2, 0.25) is 0 Å². The largest absolute Gasteiger partial charge is 0.374 e. The van der Waals surface area contributed by atoms with Crippen LogP contribution < -0.4 is 5.32 Å². The first kappa shape index (κ1) is 20.4. The normalized spacial score (nSPS) is 28.4. The van der Waals surface area contributed by atoms with E-state index in [9.17, 15) is 4.79 Å². The molecule has 5 heteroatoms. The summed E-state index contributed by atoms with van der Waals surface area (Å²) in [4.78, 5) is 19.0. The molecule has 2 aliphatic heterocycles. The van der Waals surface area contributed by atoms with Gasteiger partial charge < -0.3 is 10.1 Å². The van der Waals surface area contributed by atoms with Crippen molar-refractivity contribution in [3.8, 4) is 0 Å². The van der Waals surface area contributed by atoms with Gasteiger partial charge in [0, 0.05) is 23.0 Å². The number of carbonyl (C=O) groups is 1. The molecule has 3 aromatic rings. The zero-order chi connectivity index (χ0) is 21.9. The highest BCUT2D eigenvalue weighted by Crippen LogP contribution is 2.69. The average molecular weight is 447 g/mol. The molecule has 1 aliphatic carbocycles. The van der Waals surface area contributed by atoms with Gasteiger partial charge in [0.05, 0.1) is 17.1 Å². The molecule has 1 spiro atoms. The van der Waals surface area contributed by atoms with Gasteiger partial charge in [-0.3, -0.25) is 4.79 Å². The number of amides is 1. The summed E-state index contributed by atoms with van der Waals surface area (Å²) >= 11 is 1.49. The van der Waals surface area contributed by atoms with Crippen molar-refractivity contribution in [2.24, 2.45) is 5.41 Å². The molecule has 4 nitrogen and oxygen atoms in total. The highest BCUT2D eigenvalue weighted by atomic mass is 32.1. The summed E-state index contributed by atoms with van der Waals surface area (Å²) in [6, 6.07) is 13.2. The molecule has 1 N–H and O–H groups in total. The second-order valence-corrected chi connectivity index (χ2v) is 11.0. The average Bonchev–Trinajstić information content (AvgIpc) is 3.35. The smallest absolute Gasteiger partial charge is 0.261 e. The van der Waals surface area contributed by atoms with E-state index in [0.717, 1.165) is 32.8 Å². The summed E-state index contributed by atoms with van der Waals surface area (Å²) in [6.45, 7) is 4.64. The maximum Gasteiger partial charge on any atom is 0.261 e. The molecule has 6 rings (SSSR count). The second-order valence-electron chi connectivity index (χ2n) is 9.98. The minimum absolute atomic E-state index is 0.00652. The quantitative estimate of drug-likeness (QED) is 0.547. The van der Waals surface area contributed by atoms with Crippen LogP contribution in [0, 0.1) is 19.3 Å². The Kier molecular flexibility index (Phi) is 4.88. The molecule has 1 amide bonds. The maximum atomic E-state index is 12.8. The molecule has 0 radical (unpaired) electrons. The SMILES string of the molecule is Cc1ccc2c(C)c(C(=O)NCCc3ccc(C4CC45CC4CCCC5O4)cc3)sc2n1. The Morgan fingerprint density at radius 3 is 2.81 bits per heavy atom. The lowest BCUT2D eigenvalue weighted by Crippen LogP contribution is -2.25. The van der Waals surface area contributed by atoms with Crippen molar-refractivity contribution in [2.75, 3.05) is 6.54 Å². The standard InChI is InChI=1S/C27H30N2O2S/c1-16-6-11-21-17(2)24(32-26(21)29-16)25(30)28-13-12-18-7-9-19(10-8-18)22-15-27(22)14-20-4-3-5-23(27)31-20/h6-11,20,22-23H,3-5,12-15H2,1-2H3,(H,28,30). The highest BCUT2D eigenvalue weighted by molar-refractivity contribution is 7.20. The molecule has 2 aromatic heterocycles. The number of benzene rings is 1. The number of hydrogen-bond acceptors (Lipinski definition) is 4. The van der Waals surface area contributed by atoms with Gasteiger partial charge in [-0.25, -0.2) is 4.98 Å². The highest BCUT2D eigenvalue weighted by Gasteiger charge is 2.64. The molecule has 1 aromatic carbocycles. The summed E-state index contributed by atoms with van der Waals surface area (Å²) in [5.74, 6) is 0.685. The van der Waals surface area contributed by atoms with E-state index < -0.39 is 0 Å². The zero-order valence-corrected chi connectivity index (χ0v) is 19.6. The van der Waals surface area contributed by atoms with Crippen LogP contribution in [0.4, 0.5) is 0 Å². The Morgan fingerprint density at radius 2 is 2.00 bits per heavy atom. The van der Waals surface area contributed by atoms with Crippen molar-refractivity contribution in [1.82, 2.24) is 10.3 Å². The van der Waals surface area contributed by atoms with Crippen molar-refractivity contribution in [3.63, 3.8) is 0 Å². The summed E-state index contributed by atoms with van der Waals surface area (Å²) in [5.41, 5.74) is 5.19. The van der Waals surface area contributed by atoms with Gasteiger partial charge in [0.1, 0.15) is 4.83 Å². The van der Waals surface area contributed by atoms with E-state index in [1.807, 2.05) is 19.9 Å². The fourth-order valence-electron chi connectivity index (χ4n) is 6.11. The molecule has 3 fully saturated rings. The van der Waals surface area contributed by atoms with Crippen LogP contribution in [0.15, 0.2) is 36.4 Å². The first-order valence-electron chi connectivity index (χ1n) is 11.9. The number of aryl methyl sites for hydroxylation is 2. The first-order valence-corrected chi connectivity index (χ1v) is 12.7. The van der Waals surface area contributed by atoms with Crippen LogP contribution in [0.2, 0.25) is 0 Å². The van der Waals surface area contributed by atoms with Crippen LogP contribution in [0.5, 0.6) is 0 Å². The van der Waals surface area contributed by atoms with Crippen molar-refractivity contribution in [2.45, 2.75) is 70.5 Å². The molecule has 1 saturated carbocycles. The van der Waals surface area contributed by atoms with Gasteiger partial charge in [0.25, 0.3) is 5.91 Å². The van der Waals surface area contributed by atoms with E-state index in [1.54, 1.807) is 0 Å². The van der Waals surface area contributed by atoms with Crippen LogP contribution in [-0.2, 0) is 11.2 Å². The van der Waals surface area contributed by atoms with Crippen LogP contribution in [-0.4, -0.2) is 29.6 Å². The van der Waals surface area contributed by atoms with Crippen LogP contribution in [0.25, 0.3) is 10.2 Å². The molecular weight excluding hydrogens is 416 g/mol. The predicted octanol–water partition coefficient (Wildman–Crippen LogP) is 5.70. The van der Waals surface area contributed by atoms with Crippen molar-refractivity contribution in [3.05, 3.63) is 63.7 Å². The van der Waals surface area contributed by atoms with E-state index in [-0.39, 0.29) is 5.91 Å². The van der Waals surface area contributed by atoms with Crippen molar-refractivity contribution in [1.29, 1.82) is 0 Å². The molecule has 166 valence electrons. The van der Waals surface area contributed by atoms with Crippen molar-refractivity contribution < 1.29 is 9.53 Å². The Hall–Kier alpha value is -2.24. The number of thiophene rings is 1. The molecule has 4 heterocycles. The topological polar surface area (TPSA) is 51.2 Å². The lowest BCUT2D eigenvalue weighted by molar-refractivity contribution is -0.00812. The third-order valence-electron chi connectivity index (χ3n) is 7.95. The monoisotopic (exact) mass is 446 g/mol. The summed E-state index contributed by atoms with van der Waals surface area (Å²) in [5, 5.41) is 4.18. The van der Waals surface area contributed by atoms with E-state index in [4.69, 9.17) is 4.74 Å². The molecule has 32 heavy (non-hydrogen) atoms. The van der Waals surface area contributed by atoms with Crippen molar-refractivity contribution >= 4 is 27.5 Å². The molecule has 3 aliphatic rings. The van der Waals surface area contributed by atoms with Crippen LogP contribution >= 0.6 is 11.3 Å². The van der Waals surface area contributed by atoms with Crippen LogP contribution in [0.1, 0.15) is 70.1 Å². The van der Waals surface area contributed by atoms with Gasteiger partial charge >= 0.3 is 0 Å². The van der Waals surface area contributed by atoms with Gasteiger partial charge in [0.15, 0.2) is 0 Å². The number of ether oxygens (including phenoxy) is 1. The third-order valence-corrected chi connectivity index (χ3v) is 9.15. The van der Waals surface area contributed by atoms with E-state index in [0.29, 0.717) is 30.1 Å². The number of carbonyl (C=O) groups excluding carboxylic acids is 1. The number of aromatic nitrogens is 1. The number of hydrogen-bond donors (Lipinski definition) is 1. The molecule has 2 bridgehead atoms. The Morgan fingerprint density at radius 1 is 1.16 bits per heavy atom. The molecule has 4 unspecified atom stereocenters. The van der Waals surface area contributed by atoms with E-state index >= 15 is 0 Å². The van der Waals surface area contributed by atoms with Gasteiger partial charge in [-0.15, -0.1) is 11.3 Å². The Balaban J connectivity index is 1.06. The minimum Gasteiger partial charge on any atom is -0.374 e. The summed E-state index contributed by atoms with van der Waals surface area (Å²) in [7, 11) is 0. The van der Waals surface area contributed by atoms with Gasteiger partial charge in [-0.2, -0.15) is 0 Å². The number of rotatable bonds is 5. The molecule has 4 atom stereocenters. The van der Waals surface area contributed by atoms with Gasteiger partial charge in [-0.1, -0.05) is 24.3 Å². The number of nitrogens with zero attached hydrogens (tertiary/aromatic N) is 1. The predicted molar refractivity (Wildman–Crippen MR) is 128 cm³/mol. The van der Waals surface area contributed by atoms with E-state index in [2.05, 4.69) is 40.6 Å². The number of pyridine rings is 1. The second kappa shape index (κ2) is 7.67. The lowest BCUT2D eigenvalue weighted by atomic mass is 9.90. The zero-order valence-electron chi connectivity index (χ0n) is 18.8. The molecule has 2 saturated heterocycles. The molecular formula is C27H30N2O2S. The fraction of sp³-hybridized carbons (Fsp3) is 0.481. The first-order chi connectivity index (χ1) is 15.5. The lowest BCUT2D eigenvalue weighted by Gasteiger charge is -2.22. The number of nitrogens with one attached hydrogen (secondary N) is 1. The summed E-state index contributed by atoms with van der Waals surface area (Å²) in [6.07, 6.45) is 8.27. The minimum atomic E-state index is 0.00652. The Labute approximate surface area is 193 Å².